The second kappa shape index (κ2) is 8.12. The van der Waals surface area contributed by atoms with Gasteiger partial charge in [0.25, 0.3) is 11.7 Å². The smallest absolute Gasteiger partial charge is 0.298 e. The van der Waals surface area contributed by atoms with E-state index >= 15 is 0 Å². The van der Waals surface area contributed by atoms with Crippen LogP contribution in [0.15, 0.2) is 77.4 Å². The molecule has 0 atom stereocenters. The van der Waals surface area contributed by atoms with Crippen molar-refractivity contribution in [3.05, 3.63) is 88.9 Å². The molecule has 0 aliphatic carbocycles. The lowest BCUT2D eigenvalue weighted by atomic mass is 10.0. The molecule has 30 heavy (non-hydrogen) atoms. The summed E-state index contributed by atoms with van der Waals surface area (Å²) >= 11 is 3.16. The van der Waals surface area contributed by atoms with Crippen molar-refractivity contribution in [2.75, 3.05) is 12.4 Å². The van der Waals surface area contributed by atoms with Gasteiger partial charge in [-0.25, -0.2) is 4.39 Å². The lowest BCUT2D eigenvalue weighted by Gasteiger charge is -2.09. The Labute approximate surface area is 180 Å². The second-order valence-corrected chi connectivity index (χ2v) is 7.45. The van der Waals surface area contributed by atoms with Crippen LogP contribution in [-0.4, -0.2) is 23.2 Å². The fourth-order valence-corrected chi connectivity index (χ4v) is 3.56. The van der Waals surface area contributed by atoms with Crippen LogP contribution in [0.2, 0.25) is 0 Å². The molecule has 0 saturated carbocycles. The molecule has 0 fully saturated rings. The van der Waals surface area contributed by atoms with Gasteiger partial charge in [-0.15, -0.1) is 0 Å². The normalized spacial score (nSPS) is 10.8. The van der Waals surface area contributed by atoms with Crippen LogP contribution < -0.4 is 10.1 Å². The molecule has 4 aromatic rings. The molecule has 0 saturated heterocycles. The number of nitrogens with zero attached hydrogens (tertiary/aromatic N) is 1. The Bertz CT molecular complexity index is 1270. The van der Waals surface area contributed by atoms with E-state index in [4.69, 9.17) is 4.74 Å². The highest BCUT2D eigenvalue weighted by Crippen LogP contribution is 2.30. The maximum absolute atomic E-state index is 14.1. The van der Waals surface area contributed by atoms with E-state index in [1.54, 1.807) is 42.0 Å². The molecule has 1 N–H and O–H groups in total. The van der Waals surface area contributed by atoms with Crippen LogP contribution in [0.1, 0.15) is 10.5 Å². The van der Waals surface area contributed by atoms with Crippen LogP contribution >= 0.6 is 15.9 Å². The Morgan fingerprint density at radius 3 is 2.50 bits per heavy atom. The number of ether oxygens (including phenoxy) is 1. The van der Waals surface area contributed by atoms with Gasteiger partial charge in [0.05, 0.1) is 12.8 Å². The molecular formula is C23H16BrFN2O3. The number of amides is 1. The highest BCUT2D eigenvalue weighted by molar-refractivity contribution is 9.10. The molecule has 0 aliphatic heterocycles. The first-order valence-corrected chi connectivity index (χ1v) is 9.82. The molecule has 4 rings (SSSR count). The number of carbonyl (C=O) groups excluding carboxylic acids is 2. The van der Waals surface area contributed by atoms with Gasteiger partial charge < -0.3 is 14.5 Å². The number of hydrogen-bond donors (Lipinski definition) is 1. The summed E-state index contributed by atoms with van der Waals surface area (Å²) in [7, 11) is 1.57. The molecule has 0 aliphatic rings. The third-order valence-electron chi connectivity index (χ3n) is 4.68. The highest BCUT2D eigenvalue weighted by atomic mass is 79.9. The Kier molecular flexibility index (Phi) is 5.37. The maximum Gasteiger partial charge on any atom is 0.298 e. The van der Waals surface area contributed by atoms with Crippen molar-refractivity contribution in [2.24, 2.45) is 0 Å². The maximum atomic E-state index is 14.1. The standard InChI is InChI=1S/C23H16BrFN2O3/c1-30-17-8-5-14(6-9-17)18-13-16-4-2-3-11-27(16)21(18)22(28)23(29)26-20-10-7-15(24)12-19(20)25/h2-13H,1H3,(H,26,29). The van der Waals surface area contributed by atoms with E-state index < -0.39 is 17.5 Å². The average Bonchev–Trinajstić information content (AvgIpc) is 3.14. The Morgan fingerprint density at radius 2 is 1.80 bits per heavy atom. The molecule has 0 unspecified atom stereocenters. The van der Waals surface area contributed by atoms with Crippen molar-refractivity contribution in [3.8, 4) is 16.9 Å². The summed E-state index contributed by atoms with van der Waals surface area (Å²) in [5, 5.41) is 2.37. The van der Waals surface area contributed by atoms with E-state index in [1.165, 1.54) is 12.1 Å². The number of aromatic nitrogens is 1. The highest BCUT2D eigenvalue weighted by Gasteiger charge is 2.25. The number of pyridine rings is 1. The molecule has 0 bridgehead atoms. The second-order valence-electron chi connectivity index (χ2n) is 6.54. The molecule has 2 heterocycles. The minimum atomic E-state index is -0.921. The summed E-state index contributed by atoms with van der Waals surface area (Å²) in [6, 6.07) is 18.7. The average molecular weight is 467 g/mol. The van der Waals surface area contributed by atoms with Gasteiger partial charge in [-0.3, -0.25) is 9.59 Å². The van der Waals surface area contributed by atoms with E-state index in [0.29, 0.717) is 15.8 Å². The van der Waals surface area contributed by atoms with Crippen molar-refractivity contribution >= 4 is 38.8 Å². The van der Waals surface area contributed by atoms with Crippen molar-refractivity contribution < 1.29 is 18.7 Å². The number of Topliss-reactive ketones (excluding diaryl/α,β-unsaturated/α-hetero) is 1. The Balaban J connectivity index is 1.76. The predicted octanol–water partition coefficient (Wildman–Crippen LogP) is 5.34. The van der Waals surface area contributed by atoms with E-state index in [1.807, 2.05) is 30.3 Å². The fourth-order valence-electron chi connectivity index (χ4n) is 3.22. The van der Waals surface area contributed by atoms with Gasteiger partial charge in [-0.05, 0) is 54.1 Å². The van der Waals surface area contributed by atoms with Crippen LogP contribution in [0.5, 0.6) is 5.75 Å². The number of ketones is 1. The summed E-state index contributed by atoms with van der Waals surface area (Å²) in [5.74, 6) is -1.65. The molecule has 2 aromatic carbocycles. The quantitative estimate of drug-likeness (QED) is 0.319. The predicted molar refractivity (Wildman–Crippen MR) is 116 cm³/mol. The lowest BCUT2D eigenvalue weighted by Crippen LogP contribution is -2.25. The number of nitrogens with one attached hydrogen (secondary N) is 1. The SMILES string of the molecule is COc1ccc(-c2cc3ccccn3c2C(=O)C(=O)Nc2ccc(Br)cc2F)cc1. The van der Waals surface area contributed by atoms with E-state index in [9.17, 15) is 14.0 Å². The number of carbonyl (C=O) groups is 2. The van der Waals surface area contributed by atoms with Crippen molar-refractivity contribution in [2.45, 2.75) is 0 Å². The zero-order valence-corrected chi connectivity index (χ0v) is 17.4. The van der Waals surface area contributed by atoms with Gasteiger partial charge in [0.15, 0.2) is 0 Å². The Morgan fingerprint density at radius 1 is 1.03 bits per heavy atom. The third-order valence-corrected chi connectivity index (χ3v) is 5.17. The van der Waals surface area contributed by atoms with Crippen LogP contribution in [0.25, 0.3) is 16.6 Å². The molecule has 7 heteroatoms. The molecule has 0 spiro atoms. The largest absolute Gasteiger partial charge is 0.497 e. The minimum Gasteiger partial charge on any atom is -0.497 e. The first-order valence-electron chi connectivity index (χ1n) is 9.03. The number of benzene rings is 2. The van der Waals surface area contributed by atoms with Crippen LogP contribution in [0, 0.1) is 5.82 Å². The van der Waals surface area contributed by atoms with Crippen molar-refractivity contribution in [1.82, 2.24) is 4.40 Å². The topological polar surface area (TPSA) is 59.8 Å². The number of anilines is 1. The van der Waals surface area contributed by atoms with E-state index in [2.05, 4.69) is 21.2 Å². The van der Waals surface area contributed by atoms with Crippen LogP contribution in [0.4, 0.5) is 10.1 Å². The van der Waals surface area contributed by atoms with Crippen molar-refractivity contribution in [3.63, 3.8) is 0 Å². The fraction of sp³-hybridized carbons (Fsp3) is 0.0435. The van der Waals surface area contributed by atoms with Gasteiger partial charge in [-0.1, -0.05) is 34.1 Å². The van der Waals surface area contributed by atoms with Gasteiger partial charge in [0, 0.05) is 21.7 Å². The molecule has 150 valence electrons. The first kappa shape index (κ1) is 19.8. The number of halogens is 2. The van der Waals surface area contributed by atoms with Gasteiger partial charge >= 0.3 is 0 Å². The number of fused-ring (bicyclic) bond motifs is 1. The molecule has 1 amide bonds. The van der Waals surface area contributed by atoms with Crippen LogP contribution in [0.3, 0.4) is 0 Å². The van der Waals surface area contributed by atoms with E-state index in [-0.39, 0.29) is 11.4 Å². The number of rotatable bonds is 5. The van der Waals surface area contributed by atoms with Crippen molar-refractivity contribution in [1.29, 1.82) is 0 Å². The van der Waals surface area contributed by atoms with E-state index in [0.717, 1.165) is 11.1 Å². The number of hydrogen-bond acceptors (Lipinski definition) is 3. The third kappa shape index (κ3) is 3.71. The van der Waals surface area contributed by atoms with Gasteiger partial charge in [0.2, 0.25) is 0 Å². The summed E-state index contributed by atoms with van der Waals surface area (Å²) < 4.78 is 21.5. The van der Waals surface area contributed by atoms with Gasteiger partial charge in [0.1, 0.15) is 17.3 Å². The Hall–Kier alpha value is -3.45. The molecular weight excluding hydrogens is 451 g/mol. The minimum absolute atomic E-state index is 0.0663. The summed E-state index contributed by atoms with van der Waals surface area (Å²) in [5.41, 5.74) is 2.24. The molecule has 5 nitrogen and oxygen atoms in total. The first-order chi connectivity index (χ1) is 14.5. The summed E-state index contributed by atoms with van der Waals surface area (Å²) in [6.07, 6.45) is 1.71. The summed E-state index contributed by atoms with van der Waals surface area (Å²) in [4.78, 5) is 25.8. The molecule has 0 radical (unpaired) electrons. The zero-order valence-electron chi connectivity index (χ0n) is 15.9. The summed E-state index contributed by atoms with van der Waals surface area (Å²) in [6.45, 7) is 0. The lowest BCUT2D eigenvalue weighted by molar-refractivity contribution is -0.112. The molecule has 2 aromatic heterocycles. The van der Waals surface area contributed by atoms with Crippen LogP contribution in [-0.2, 0) is 4.79 Å². The number of methoxy groups -OCH3 is 1. The van der Waals surface area contributed by atoms with Gasteiger partial charge in [-0.2, -0.15) is 0 Å². The monoisotopic (exact) mass is 466 g/mol. The zero-order chi connectivity index (χ0) is 21.3.